The van der Waals surface area contributed by atoms with Gasteiger partial charge in [-0.25, -0.2) is 0 Å². The van der Waals surface area contributed by atoms with Crippen molar-refractivity contribution >= 4 is 21.4 Å². The summed E-state index contributed by atoms with van der Waals surface area (Å²) in [4.78, 5) is 1.49. The van der Waals surface area contributed by atoms with Crippen LogP contribution in [0.15, 0.2) is 24.3 Å². The average molecular weight is 247 g/mol. The molecule has 0 bridgehead atoms. The molecule has 0 spiro atoms. The molecular formula is C14H17NOS. The lowest BCUT2D eigenvalue weighted by molar-refractivity contribution is 0.0772. The first-order valence-electron chi connectivity index (χ1n) is 6.13. The topological polar surface area (TPSA) is 21.3 Å². The summed E-state index contributed by atoms with van der Waals surface area (Å²) in [5.74, 6) is 0. The number of ether oxygens (including phenoxy) is 1. The summed E-state index contributed by atoms with van der Waals surface area (Å²) >= 11 is 1.92. The predicted molar refractivity (Wildman–Crippen MR) is 72.9 cm³/mol. The zero-order valence-corrected chi connectivity index (χ0v) is 10.8. The molecule has 3 rings (SSSR count). The highest BCUT2D eigenvalue weighted by atomic mass is 32.1. The molecule has 1 saturated heterocycles. The van der Waals surface area contributed by atoms with Crippen LogP contribution in [0.4, 0.5) is 0 Å². The lowest BCUT2D eigenvalue weighted by Gasteiger charge is -2.23. The Bertz CT molecular complexity index is 514. The van der Waals surface area contributed by atoms with Gasteiger partial charge < -0.3 is 10.1 Å². The van der Waals surface area contributed by atoms with Gasteiger partial charge in [-0.3, -0.25) is 0 Å². The summed E-state index contributed by atoms with van der Waals surface area (Å²) in [6.07, 6.45) is 1.09. The summed E-state index contributed by atoms with van der Waals surface area (Å²) in [7, 11) is 0. The fourth-order valence-corrected chi connectivity index (χ4v) is 3.69. The van der Waals surface area contributed by atoms with Gasteiger partial charge in [0.05, 0.1) is 13.2 Å². The molecule has 3 heteroatoms. The van der Waals surface area contributed by atoms with Crippen molar-refractivity contribution in [3.8, 4) is 0 Å². The zero-order chi connectivity index (χ0) is 11.7. The maximum atomic E-state index is 5.51. The first-order chi connectivity index (χ1) is 8.34. The Morgan fingerprint density at radius 3 is 3.06 bits per heavy atom. The normalized spacial score (nSPS) is 20.9. The Hall–Kier alpha value is -0.900. The van der Waals surface area contributed by atoms with Crippen LogP contribution in [0.5, 0.6) is 0 Å². The Balaban J connectivity index is 1.87. The van der Waals surface area contributed by atoms with E-state index in [1.807, 2.05) is 11.3 Å². The largest absolute Gasteiger partial charge is 0.379 e. The van der Waals surface area contributed by atoms with E-state index < -0.39 is 0 Å². The first-order valence-corrected chi connectivity index (χ1v) is 6.94. The first kappa shape index (κ1) is 11.2. The van der Waals surface area contributed by atoms with Gasteiger partial charge in [-0.1, -0.05) is 18.2 Å². The third-order valence-electron chi connectivity index (χ3n) is 3.37. The van der Waals surface area contributed by atoms with E-state index in [1.54, 1.807) is 0 Å². The van der Waals surface area contributed by atoms with Gasteiger partial charge in [-0.05, 0) is 30.4 Å². The molecule has 0 saturated carbocycles. The van der Waals surface area contributed by atoms with E-state index in [0.29, 0.717) is 6.04 Å². The maximum Gasteiger partial charge on any atom is 0.0623 e. The summed E-state index contributed by atoms with van der Waals surface area (Å²) in [5, 5.41) is 4.93. The number of morpholine rings is 1. The highest BCUT2D eigenvalue weighted by Crippen LogP contribution is 2.31. The van der Waals surface area contributed by atoms with Crippen molar-refractivity contribution in [1.82, 2.24) is 5.32 Å². The summed E-state index contributed by atoms with van der Waals surface area (Å²) < 4.78 is 6.91. The third-order valence-corrected chi connectivity index (χ3v) is 4.67. The fourth-order valence-electron chi connectivity index (χ4n) is 2.39. The Morgan fingerprint density at radius 2 is 2.29 bits per heavy atom. The van der Waals surface area contributed by atoms with Gasteiger partial charge in [0, 0.05) is 22.2 Å². The van der Waals surface area contributed by atoms with Crippen molar-refractivity contribution in [1.29, 1.82) is 0 Å². The molecule has 2 heterocycles. The summed E-state index contributed by atoms with van der Waals surface area (Å²) in [6.45, 7) is 4.90. The molecule has 1 unspecified atom stereocenters. The van der Waals surface area contributed by atoms with Gasteiger partial charge in [-0.15, -0.1) is 11.3 Å². The minimum Gasteiger partial charge on any atom is -0.379 e. The number of fused-ring (bicyclic) bond motifs is 1. The maximum absolute atomic E-state index is 5.51. The molecule has 2 nitrogen and oxygen atoms in total. The lowest BCUT2D eigenvalue weighted by Crippen LogP contribution is -2.42. The second-order valence-corrected chi connectivity index (χ2v) is 5.71. The Morgan fingerprint density at radius 1 is 1.41 bits per heavy atom. The van der Waals surface area contributed by atoms with Crippen molar-refractivity contribution in [3.63, 3.8) is 0 Å². The quantitative estimate of drug-likeness (QED) is 0.881. The third kappa shape index (κ3) is 2.23. The van der Waals surface area contributed by atoms with Crippen molar-refractivity contribution in [3.05, 3.63) is 34.7 Å². The van der Waals surface area contributed by atoms with Crippen molar-refractivity contribution in [2.45, 2.75) is 19.4 Å². The second kappa shape index (κ2) is 4.77. The lowest BCUT2D eigenvalue weighted by atomic mass is 10.1. The molecule has 2 aromatic rings. The molecule has 0 radical (unpaired) electrons. The number of benzene rings is 1. The zero-order valence-electron chi connectivity index (χ0n) is 10.0. The van der Waals surface area contributed by atoms with E-state index in [0.717, 1.165) is 26.2 Å². The minimum absolute atomic E-state index is 0.482. The molecule has 1 aliphatic heterocycles. The number of hydrogen-bond acceptors (Lipinski definition) is 3. The molecule has 1 fully saturated rings. The molecular weight excluding hydrogens is 230 g/mol. The number of hydrogen-bond donors (Lipinski definition) is 1. The van der Waals surface area contributed by atoms with Crippen LogP contribution in [-0.2, 0) is 11.2 Å². The van der Waals surface area contributed by atoms with Crippen molar-refractivity contribution in [2.75, 3.05) is 19.8 Å². The second-order valence-electron chi connectivity index (χ2n) is 4.58. The minimum atomic E-state index is 0.482. The van der Waals surface area contributed by atoms with Crippen LogP contribution in [0, 0.1) is 6.92 Å². The number of rotatable bonds is 2. The highest BCUT2D eigenvalue weighted by molar-refractivity contribution is 7.19. The Kier molecular flexibility index (Phi) is 3.14. The van der Waals surface area contributed by atoms with Gasteiger partial charge in [0.1, 0.15) is 0 Å². The summed E-state index contributed by atoms with van der Waals surface area (Å²) in [6, 6.07) is 9.14. The van der Waals surface area contributed by atoms with Crippen LogP contribution in [0.3, 0.4) is 0 Å². The molecule has 1 aromatic heterocycles. The monoisotopic (exact) mass is 247 g/mol. The fraction of sp³-hybridized carbons (Fsp3) is 0.429. The SMILES string of the molecule is Cc1c(CC2COCCN2)sc2ccccc12. The standard InChI is InChI=1S/C14H17NOS/c1-10-12-4-2-3-5-13(12)17-14(10)8-11-9-16-7-6-15-11/h2-5,11,15H,6-9H2,1H3. The number of thiophene rings is 1. The van der Waals surface area contributed by atoms with Crippen molar-refractivity contribution < 1.29 is 4.74 Å². The van der Waals surface area contributed by atoms with Crippen LogP contribution in [0.2, 0.25) is 0 Å². The van der Waals surface area contributed by atoms with Gasteiger partial charge in [-0.2, -0.15) is 0 Å². The number of nitrogens with one attached hydrogen (secondary N) is 1. The van der Waals surface area contributed by atoms with Crippen LogP contribution >= 0.6 is 11.3 Å². The van der Waals surface area contributed by atoms with E-state index in [4.69, 9.17) is 4.74 Å². The molecule has 0 aliphatic carbocycles. The van der Waals surface area contributed by atoms with Crippen molar-refractivity contribution in [2.24, 2.45) is 0 Å². The highest BCUT2D eigenvalue weighted by Gasteiger charge is 2.16. The average Bonchev–Trinajstić information content (AvgIpc) is 2.68. The molecule has 0 amide bonds. The van der Waals surface area contributed by atoms with Gasteiger partial charge in [0.2, 0.25) is 0 Å². The van der Waals surface area contributed by atoms with E-state index in [9.17, 15) is 0 Å². The van der Waals surface area contributed by atoms with E-state index in [-0.39, 0.29) is 0 Å². The van der Waals surface area contributed by atoms with Crippen LogP contribution in [0.25, 0.3) is 10.1 Å². The molecule has 1 aromatic carbocycles. The molecule has 17 heavy (non-hydrogen) atoms. The summed E-state index contributed by atoms with van der Waals surface area (Å²) in [5.41, 5.74) is 1.44. The van der Waals surface area contributed by atoms with Gasteiger partial charge in [0.25, 0.3) is 0 Å². The number of aryl methyl sites for hydroxylation is 1. The smallest absolute Gasteiger partial charge is 0.0623 e. The van der Waals surface area contributed by atoms with Gasteiger partial charge in [0.15, 0.2) is 0 Å². The molecule has 1 atom stereocenters. The molecule has 1 N–H and O–H groups in total. The molecule has 1 aliphatic rings. The van der Waals surface area contributed by atoms with Gasteiger partial charge >= 0.3 is 0 Å². The van der Waals surface area contributed by atoms with Crippen LogP contribution < -0.4 is 5.32 Å². The van der Waals surface area contributed by atoms with Crippen LogP contribution in [-0.4, -0.2) is 25.8 Å². The predicted octanol–water partition coefficient (Wildman–Crippen LogP) is 2.74. The Labute approximate surface area is 106 Å². The molecule has 90 valence electrons. The van der Waals surface area contributed by atoms with Crippen LogP contribution in [0.1, 0.15) is 10.4 Å². The van der Waals surface area contributed by atoms with E-state index in [2.05, 4.69) is 36.5 Å². The van der Waals surface area contributed by atoms with E-state index in [1.165, 1.54) is 20.5 Å². The van der Waals surface area contributed by atoms with E-state index >= 15 is 0 Å².